The van der Waals surface area contributed by atoms with Crippen molar-refractivity contribution in [1.29, 1.82) is 0 Å². The molecule has 2 heterocycles. The summed E-state index contributed by atoms with van der Waals surface area (Å²) in [5.74, 6) is 0.323. The SMILES string of the molecule is CC(C)(C)OC(=O)N1CC(CO)C(c2cccs2)C1. The molecule has 0 aromatic carbocycles. The van der Waals surface area contributed by atoms with Crippen LogP contribution in [-0.2, 0) is 4.74 Å². The van der Waals surface area contributed by atoms with Crippen molar-refractivity contribution in [2.45, 2.75) is 32.3 Å². The monoisotopic (exact) mass is 283 g/mol. The molecule has 1 aromatic heterocycles. The summed E-state index contributed by atoms with van der Waals surface area (Å²) in [6.07, 6.45) is -0.287. The van der Waals surface area contributed by atoms with Gasteiger partial charge in [0.15, 0.2) is 0 Å². The molecule has 106 valence electrons. The Morgan fingerprint density at radius 2 is 2.26 bits per heavy atom. The zero-order valence-corrected chi connectivity index (χ0v) is 12.4. The third-order valence-corrected chi connectivity index (χ3v) is 4.24. The Morgan fingerprint density at radius 1 is 1.53 bits per heavy atom. The third kappa shape index (κ3) is 3.48. The fourth-order valence-corrected chi connectivity index (χ4v) is 3.27. The number of hydrogen-bond acceptors (Lipinski definition) is 4. The quantitative estimate of drug-likeness (QED) is 0.908. The highest BCUT2D eigenvalue weighted by atomic mass is 32.1. The first kappa shape index (κ1) is 14.3. The van der Waals surface area contributed by atoms with Crippen molar-refractivity contribution in [3.8, 4) is 0 Å². The van der Waals surface area contributed by atoms with Gasteiger partial charge in [-0.05, 0) is 32.2 Å². The Labute approximate surface area is 118 Å². The van der Waals surface area contributed by atoms with E-state index < -0.39 is 5.60 Å². The molecule has 4 nitrogen and oxygen atoms in total. The van der Waals surface area contributed by atoms with Crippen molar-refractivity contribution in [1.82, 2.24) is 4.90 Å². The van der Waals surface area contributed by atoms with Crippen LogP contribution in [-0.4, -0.2) is 41.4 Å². The van der Waals surface area contributed by atoms with Crippen molar-refractivity contribution < 1.29 is 14.6 Å². The molecule has 0 bridgehead atoms. The van der Waals surface area contributed by atoms with Gasteiger partial charge in [-0.15, -0.1) is 11.3 Å². The van der Waals surface area contributed by atoms with Crippen LogP contribution in [0.15, 0.2) is 17.5 Å². The van der Waals surface area contributed by atoms with Gasteiger partial charge in [0, 0.05) is 36.4 Å². The maximum absolute atomic E-state index is 12.1. The lowest BCUT2D eigenvalue weighted by atomic mass is 9.95. The van der Waals surface area contributed by atoms with Crippen LogP contribution in [0.3, 0.4) is 0 Å². The molecule has 5 heteroatoms. The number of carbonyl (C=O) groups is 1. The van der Waals surface area contributed by atoms with Crippen LogP contribution in [0.5, 0.6) is 0 Å². The highest BCUT2D eigenvalue weighted by Crippen LogP contribution is 2.35. The van der Waals surface area contributed by atoms with E-state index in [1.165, 1.54) is 4.88 Å². The molecule has 1 aliphatic heterocycles. The van der Waals surface area contributed by atoms with Gasteiger partial charge < -0.3 is 14.7 Å². The summed E-state index contributed by atoms with van der Waals surface area (Å²) >= 11 is 1.68. The summed E-state index contributed by atoms with van der Waals surface area (Å²) in [4.78, 5) is 15.0. The number of aliphatic hydroxyl groups excluding tert-OH is 1. The van der Waals surface area contributed by atoms with E-state index in [9.17, 15) is 9.90 Å². The molecule has 1 aliphatic rings. The van der Waals surface area contributed by atoms with Crippen LogP contribution < -0.4 is 0 Å². The van der Waals surface area contributed by atoms with E-state index in [1.807, 2.05) is 32.2 Å². The van der Waals surface area contributed by atoms with Crippen molar-refractivity contribution in [2.24, 2.45) is 5.92 Å². The molecule has 19 heavy (non-hydrogen) atoms. The molecule has 1 fully saturated rings. The molecule has 0 aliphatic carbocycles. The van der Waals surface area contributed by atoms with Crippen LogP contribution in [0.4, 0.5) is 4.79 Å². The van der Waals surface area contributed by atoms with Gasteiger partial charge in [0.25, 0.3) is 0 Å². The minimum absolute atomic E-state index is 0.0991. The molecule has 2 unspecified atom stereocenters. The van der Waals surface area contributed by atoms with Gasteiger partial charge in [-0.25, -0.2) is 4.79 Å². The van der Waals surface area contributed by atoms with E-state index in [2.05, 4.69) is 6.07 Å². The number of carbonyl (C=O) groups excluding carboxylic acids is 1. The second-order valence-electron chi connectivity index (χ2n) is 5.95. The number of rotatable bonds is 2. The van der Waals surface area contributed by atoms with E-state index in [1.54, 1.807) is 16.2 Å². The molecule has 0 radical (unpaired) electrons. The molecule has 0 spiro atoms. The first-order valence-electron chi connectivity index (χ1n) is 6.53. The Hall–Kier alpha value is -1.07. The fourth-order valence-electron chi connectivity index (χ4n) is 2.36. The first-order chi connectivity index (χ1) is 8.90. The van der Waals surface area contributed by atoms with Crippen LogP contribution in [0, 0.1) is 5.92 Å². The third-order valence-electron chi connectivity index (χ3n) is 3.24. The topological polar surface area (TPSA) is 49.8 Å². The van der Waals surface area contributed by atoms with Gasteiger partial charge in [-0.3, -0.25) is 0 Å². The predicted molar refractivity (Wildman–Crippen MR) is 75.4 cm³/mol. The number of aliphatic hydroxyl groups is 1. The molecule has 0 saturated carbocycles. The second-order valence-corrected chi connectivity index (χ2v) is 6.93. The highest BCUT2D eigenvalue weighted by molar-refractivity contribution is 7.10. The Morgan fingerprint density at radius 3 is 2.79 bits per heavy atom. The number of nitrogens with zero attached hydrogens (tertiary/aromatic N) is 1. The van der Waals surface area contributed by atoms with Crippen LogP contribution in [0.2, 0.25) is 0 Å². The van der Waals surface area contributed by atoms with Crippen molar-refractivity contribution in [2.75, 3.05) is 19.7 Å². The van der Waals surface area contributed by atoms with Crippen molar-refractivity contribution >= 4 is 17.4 Å². The van der Waals surface area contributed by atoms with Gasteiger partial charge in [-0.1, -0.05) is 6.07 Å². The summed E-state index contributed by atoms with van der Waals surface area (Å²) in [5.41, 5.74) is -0.479. The van der Waals surface area contributed by atoms with Crippen LogP contribution in [0.25, 0.3) is 0 Å². The normalized spacial score (nSPS) is 23.7. The number of ether oxygens (including phenoxy) is 1. The van der Waals surface area contributed by atoms with Crippen molar-refractivity contribution in [3.63, 3.8) is 0 Å². The van der Waals surface area contributed by atoms with E-state index in [0.717, 1.165) is 0 Å². The molecule has 1 saturated heterocycles. The maximum atomic E-state index is 12.1. The molecule has 1 aromatic rings. The number of likely N-dealkylation sites (tertiary alicyclic amines) is 1. The molecule has 2 atom stereocenters. The fraction of sp³-hybridized carbons (Fsp3) is 0.643. The lowest BCUT2D eigenvalue weighted by Gasteiger charge is -2.24. The molecule has 1 N–H and O–H groups in total. The standard InChI is InChI=1S/C14H21NO3S/c1-14(2,3)18-13(17)15-7-10(9-16)11(8-15)12-5-4-6-19-12/h4-6,10-11,16H,7-9H2,1-3H3. The van der Waals surface area contributed by atoms with Crippen LogP contribution >= 0.6 is 11.3 Å². The summed E-state index contributed by atoms with van der Waals surface area (Å²) < 4.78 is 5.39. The minimum Gasteiger partial charge on any atom is -0.444 e. The van der Waals surface area contributed by atoms with E-state index in [-0.39, 0.29) is 24.5 Å². The Balaban J connectivity index is 2.05. The van der Waals surface area contributed by atoms with E-state index >= 15 is 0 Å². The first-order valence-corrected chi connectivity index (χ1v) is 7.41. The van der Waals surface area contributed by atoms with Gasteiger partial charge in [0.1, 0.15) is 5.60 Å². The average molecular weight is 283 g/mol. The summed E-state index contributed by atoms with van der Waals surface area (Å²) in [7, 11) is 0. The van der Waals surface area contributed by atoms with E-state index in [0.29, 0.717) is 13.1 Å². The van der Waals surface area contributed by atoms with E-state index in [4.69, 9.17) is 4.74 Å². The minimum atomic E-state index is -0.479. The summed E-state index contributed by atoms with van der Waals surface area (Å²) in [5, 5.41) is 11.5. The average Bonchev–Trinajstić information content (AvgIpc) is 2.95. The molecule has 1 amide bonds. The smallest absolute Gasteiger partial charge is 0.410 e. The maximum Gasteiger partial charge on any atom is 0.410 e. The molecular formula is C14H21NO3S. The zero-order valence-electron chi connectivity index (χ0n) is 11.6. The molecular weight excluding hydrogens is 262 g/mol. The van der Waals surface area contributed by atoms with Gasteiger partial charge >= 0.3 is 6.09 Å². The lowest BCUT2D eigenvalue weighted by molar-refractivity contribution is 0.0283. The number of amides is 1. The zero-order chi connectivity index (χ0) is 14.0. The lowest BCUT2D eigenvalue weighted by Crippen LogP contribution is -2.35. The second kappa shape index (κ2) is 5.51. The number of hydrogen-bond donors (Lipinski definition) is 1. The van der Waals surface area contributed by atoms with Crippen LogP contribution in [0.1, 0.15) is 31.6 Å². The molecule has 2 rings (SSSR count). The highest BCUT2D eigenvalue weighted by Gasteiger charge is 2.37. The van der Waals surface area contributed by atoms with Crippen molar-refractivity contribution in [3.05, 3.63) is 22.4 Å². The Bertz CT molecular complexity index is 424. The van der Waals surface area contributed by atoms with Gasteiger partial charge in [0.2, 0.25) is 0 Å². The predicted octanol–water partition coefficient (Wildman–Crippen LogP) is 2.69. The van der Waals surface area contributed by atoms with Gasteiger partial charge in [-0.2, -0.15) is 0 Å². The summed E-state index contributed by atoms with van der Waals surface area (Å²) in [6.45, 7) is 6.88. The van der Waals surface area contributed by atoms with Gasteiger partial charge in [0.05, 0.1) is 0 Å². The largest absolute Gasteiger partial charge is 0.444 e. The number of thiophene rings is 1. The Kier molecular flexibility index (Phi) is 4.16. The summed E-state index contributed by atoms with van der Waals surface area (Å²) in [6, 6.07) is 4.07.